The molecule has 1 heterocycles. The Morgan fingerprint density at radius 2 is 2.14 bits per heavy atom. The van der Waals surface area contributed by atoms with Crippen LogP contribution < -0.4 is 0 Å². The highest BCUT2D eigenvalue weighted by atomic mass is 16.3. The van der Waals surface area contributed by atoms with E-state index in [2.05, 4.69) is 0 Å². The van der Waals surface area contributed by atoms with Crippen molar-refractivity contribution in [3.8, 4) is 0 Å². The highest BCUT2D eigenvalue weighted by Crippen LogP contribution is 2.11. The molecule has 0 radical (unpaired) electrons. The molecule has 3 nitrogen and oxygen atoms in total. The molecular weight excluding hydrogens is 180 g/mol. The summed E-state index contributed by atoms with van der Waals surface area (Å²) in [5, 5.41) is 8.57. The number of carbonyl (C=O) groups excluding carboxylic acids is 1. The number of unbranched alkanes of at least 4 members (excludes halogenated alkanes) is 2. The molecule has 14 heavy (non-hydrogen) atoms. The number of furan rings is 1. The summed E-state index contributed by atoms with van der Waals surface area (Å²) in [6.07, 6.45) is 3.66. The second-order valence-corrected chi connectivity index (χ2v) is 3.36. The molecule has 3 heteroatoms. The van der Waals surface area contributed by atoms with Gasteiger partial charge in [-0.3, -0.25) is 4.79 Å². The first-order chi connectivity index (χ1) is 6.74. The quantitative estimate of drug-likeness (QED) is 0.560. The normalized spacial score (nSPS) is 10.4. The summed E-state index contributed by atoms with van der Waals surface area (Å²) < 4.78 is 5.31. The van der Waals surface area contributed by atoms with E-state index in [1.165, 1.54) is 6.92 Å². The van der Waals surface area contributed by atoms with Crippen molar-refractivity contribution in [2.75, 3.05) is 6.61 Å². The third kappa shape index (κ3) is 3.34. The van der Waals surface area contributed by atoms with Crippen LogP contribution in [0.5, 0.6) is 0 Å². The summed E-state index contributed by atoms with van der Waals surface area (Å²) in [6.45, 7) is 1.74. The van der Waals surface area contributed by atoms with Crippen molar-refractivity contribution in [2.24, 2.45) is 0 Å². The van der Waals surface area contributed by atoms with Gasteiger partial charge < -0.3 is 9.52 Å². The molecule has 78 valence electrons. The van der Waals surface area contributed by atoms with E-state index < -0.39 is 0 Å². The molecule has 0 saturated carbocycles. The number of ketones is 1. The lowest BCUT2D eigenvalue weighted by atomic mass is 10.2. The maximum Gasteiger partial charge on any atom is 0.194 e. The number of aliphatic hydroxyl groups excluding tert-OH is 1. The zero-order valence-electron chi connectivity index (χ0n) is 8.45. The Morgan fingerprint density at radius 3 is 2.71 bits per heavy atom. The van der Waals surface area contributed by atoms with E-state index in [0.29, 0.717) is 5.76 Å². The van der Waals surface area contributed by atoms with Gasteiger partial charge in [-0.1, -0.05) is 6.42 Å². The second-order valence-electron chi connectivity index (χ2n) is 3.36. The molecule has 0 aliphatic rings. The molecule has 0 bridgehead atoms. The molecule has 1 rings (SSSR count). The molecule has 1 N–H and O–H groups in total. The van der Waals surface area contributed by atoms with Crippen molar-refractivity contribution >= 4 is 5.78 Å². The van der Waals surface area contributed by atoms with Gasteiger partial charge in [-0.15, -0.1) is 0 Å². The maximum absolute atomic E-state index is 10.9. The predicted molar refractivity (Wildman–Crippen MR) is 53.4 cm³/mol. The Kier molecular flexibility index (Phi) is 4.40. The van der Waals surface area contributed by atoms with E-state index in [0.717, 1.165) is 31.4 Å². The van der Waals surface area contributed by atoms with E-state index in [1.54, 1.807) is 6.07 Å². The van der Waals surface area contributed by atoms with Gasteiger partial charge in [-0.05, 0) is 25.0 Å². The highest BCUT2D eigenvalue weighted by molar-refractivity contribution is 5.91. The van der Waals surface area contributed by atoms with E-state index >= 15 is 0 Å². The summed E-state index contributed by atoms with van der Waals surface area (Å²) in [4.78, 5) is 10.9. The van der Waals surface area contributed by atoms with Gasteiger partial charge in [0.25, 0.3) is 0 Å². The topological polar surface area (TPSA) is 50.4 Å². The Balaban J connectivity index is 2.33. The largest absolute Gasteiger partial charge is 0.458 e. The first-order valence-electron chi connectivity index (χ1n) is 4.94. The lowest BCUT2D eigenvalue weighted by Crippen LogP contribution is -1.88. The van der Waals surface area contributed by atoms with E-state index in [-0.39, 0.29) is 12.4 Å². The van der Waals surface area contributed by atoms with Gasteiger partial charge in [0.15, 0.2) is 11.5 Å². The summed E-state index contributed by atoms with van der Waals surface area (Å²) >= 11 is 0. The molecule has 0 aliphatic carbocycles. The molecule has 0 spiro atoms. The minimum Gasteiger partial charge on any atom is -0.458 e. The van der Waals surface area contributed by atoms with Gasteiger partial charge >= 0.3 is 0 Å². The van der Waals surface area contributed by atoms with E-state index in [4.69, 9.17) is 9.52 Å². The first-order valence-corrected chi connectivity index (χ1v) is 4.94. The van der Waals surface area contributed by atoms with Gasteiger partial charge in [-0.2, -0.15) is 0 Å². The smallest absolute Gasteiger partial charge is 0.194 e. The van der Waals surface area contributed by atoms with E-state index in [1.807, 2.05) is 6.07 Å². The fraction of sp³-hybridized carbons (Fsp3) is 0.545. The molecule has 0 amide bonds. The minimum absolute atomic E-state index is 0.0355. The lowest BCUT2D eigenvalue weighted by Gasteiger charge is -1.96. The average molecular weight is 196 g/mol. The summed E-state index contributed by atoms with van der Waals surface area (Å²) in [7, 11) is 0. The van der Waals surface area contributed by atoms with Crippen LogP contribution in [-0.4, -0.2) is 17.5 Å². The first kappa shape index (κ1) is 11.0. The van der Waals surface area contributed by atoms with Crippen molar-refractivity contribution in [3.63, 3.8) is 0 Å². The van der Waals surface area contributed by atoms with Crippen molar-refractivity contribution in [1.29, 1.82) is 0 Å². The van der Waals surface area contributed by atoms with Gasteiger partial charge in [0, 0.05) is 20.0 Å². The van der Waals surface area contributed by atoms with Crippen LogP contribution in [0.15, 0.2) is 16.5 Å². The van der Waals surface area contributed by atoms with Crippen molar-refractivity contribution in [1.82, 2.24) is 0 Å². The van der Waals surface area contributed by atoms with Crippen LogP contribution in [0, 0.1) is 0 Å². The molecule has 1 aromatic heterocycles. The molecule has 0 aromatic carbocycles. The van der Waals surface area contributed by atoms with Crippen molar-refractivity contribution in [3.05, 3.63) is 23.7 Å². The summed E-state index contributed by atoms with van der Waals surface area (Å²) in [6, 6.07) is 3.55. The number of hydrogen-bond acceptors (Lipinski definition) is 3. The number of hydrogen-bond donors (Lipinski definition) is 1. The zero-order chi connectivity index (χ0) is 10.4. The fourth-order valence-electron chi connectivity index (χ4n) is 1.29. The number of carbonyl (C=O) groups is 1. The SMILES string of the molecule is CC(=O)c1ccc(CCCCCO)o1. The van der Waals surface area contributed by atoms with Crippen LogP contribution in [0.25, 0.3) is 0 Å². The van der Waals surface area contributed by atoms with Gasteiger partial charge in [-0.25, -0.2) is 0 Å². The molecule has 1 aromatic rings. The van der Waals surface area contributed by atoms with Crippen LogP contribution >= 0.6 is 0 Å². The third-order valence-electron chi connectivity index (χ3n) is 2.09. The molecular formula is C11H16O3. The Labute approximate surface area is 83.7 Å². The maximum atomic E-state index is 10.9. The van der Waals surface area contributed by atoms with E-state index in [9.17, 15) is 4.79 Å². The van der Waals surface area contributed by atoms with Gasteiger partial charge in [0.2, 0.25) is 0 Å². The number of aryl methyl sites for hydroxylation is 1. The summed E-state index contributed by atoms with van der Waals surface area (Å²) in [5.74, 6) is 1.25. The second kappa shape index (κ2) is 5.60. The van der Waals surface area contributed by atoms with Gasteiger partial charge in [0.1, 0.15) is 5.76 Å². The Morgan fingerprint density at radius 1 is 1.36 bits per heavy atom. The van der Waals surface area contributed by atoms with Crippen LogP contribution in [0.1, 0.15) is 42.5 Å². The van der Waals surface area contributed by atoms with Gasteiger partial charge in [0.05, 0.1) is 0 Å². The van der Waals surface area contributed by atoms with Crippen molar-refractivity contribution in [2.45, 2.75) is 32.6 Å². The van der Waals surface area contributed by atoms with Crippen LogP contribution in [0.3, 0.4) is 0 Å². The standard InChI is InChI=1S/C11H16O3/c1-9(13)11-7-6-10(14-11)5-3-2-4-8-12/h6-7,12H,2-5,8H2,1H3. The average Bonchev–Trinajstić information content (AvgIpc) is 2.61. The zero-order valence-corrected chi connectivity index (χ0v) is 8.45. The Bertz CT molecular complexity index is 288. The molecule has 0 unspecified atom stereocenters. The summed E-state index contributed by atoms with van der Waals surface area (Å²) in [5.41, 5.74) is 0. The van der Waals surface area contributed by atoms with Crippen LogP contribution in [-0.2, 0) is 6.42 Å². The predicted octanol–water partition coefficient (Wildman–Crippen LogP) is 2.19. The molecule has 0 aliphatic heterocycles. The lowest BCUT2D eigenvalue weighted by molar-refractivity contribution is 0.0985. The fourth-order valence-corrected chi connectivity index (χ4v) is 1.29. The third-order valence-corrected chi connectivity index (χ3v) is 2.09. The van der Waals surface area contributed by atoms with Crippen molar-refractivity contribution < 1.29 is 14.3 Å². The number of Topliss-reactive ketones (excluding diaryl/α,β-unsaturated/α-hetero) is 1. The molecule has 0 saturated heterocycles. The number of rotatable bonds is 6. The molecule has 0 fully saturated rings. The highest BCUT2D eigenvalue weighted by Gasteiger charge is 2.05. The molecule has 0 atom stereocenters. The minimum atomic E-state index is -0.0355. The Hall–Kier alpha value is -1.09. The monoisotopic (exact) mass is 196 g/mol. The number of aliphatic hydroxyl groups is 1. The van der Waals surface area contributed by atoms with Crippen LogP contribution in [0.4, 0.5) is 0 Å². The van der Waals surface area contributed by atoms with Crippen LogP contribution in [0.2, 0.25) is 0 Å².